The minimum absolute atomic E-state index is 0.124. The minimum atomic E-state index is -0.553. The maximum absolute atomic E-state index is 6.91. The van der Waals surface area contributed by atoms with Gasteiger partial charge in [-0.3, -0.25) is 0 Å². The molecule has 0 saturated carbocycles. The average molecular weight is 596 g/mol. The monoisotopic (exact) mass is 595 g/mol. The van der Waals surface area contributed by atoms with Gasteiger partial charge in [0.25, 0.3) is 0 Å². The van der Waals surface area contributed by atoms with Crippen molar-refractivity contribution in [3.05, 3.63) is 96.2 Å². The molecule has 1 aromatic heterocycles. The number of para-hydroxylation sites is 2. The molecule has 6 heteroatoms. The molecule has 4 aromatic rings. The zero-order valence-corrected chi connectivity index (χ0v) is 27.0. The van der Waals surface area contributed by atoms with Gasteiger partial charge in [0.05, 0.1) is 24.0 Å². The van der Waals surface area contributed by atoms with E-state index in [2.05, 4.69) is 55.2 Å². The van der Waals surface area contributed by atoms with Crippen molar-refractivity contribution in [2.24, 2.45) is 0 Å². The first-order valence-electron chi connectivity index (χ1n) is 16.6. The Morgan fingerprint density at radius 2 is 1.11 bits per heavy atom. The second-order valence-corrected chi connectivity index (χ2v) is 11.4. The van der Waals surface area contributed by atoms with Crippen LogP contribution in [0.5, 0.6) is 17.4 Å². The topological polar surface area (TPSA) is 66.4 Å². The Morgan fingerprint density at radius 3 is 1.64 bits per heavy atom. The van der Waals surface area contributed by atoms with Crippen molar-refractivity contribution in [1.82, 2.24) is 15.4 Å². The smallest absolute Gasteiger partial charge is 0.245 e. The van der Waals surface area contributed by atoms with E-state index in [1.807, 2.05) is 66.7 Å². The highest BCUT2D eigenvalue weighted by Gasteiger charge is 2.27. The van der Waals surface area contributed by atoms with Gasteiger partial charge in [0, 0.05) is 11.1 Å². The van der Waals surface area contributed by atoms with Crippen LogP contribution in [0.2, 0.25) is 0 Å². The molecule has 3 aromatic carbocycles. The highest BCUT2D eigenvalue weighted by molar-refractivity contribution is 5.67. The molecule has 0 amide bonds. The molecule has 0 fully saturated rings. The largest absolute Gasteiger partial charge is 0.490 e. The van der Waals surface area contributed by atoms with Crippen LogP contribution in [0.25, 0.3) is 11.1 Å². The van der Waals surface area contributed by atoms with E-state index in [0.29, 0.717) is 5.88 Å². The molecular formula is C38H49N3O3. The normalized spacial score (nSPS) is 13.2. The van der Waals surface area contributed by atoms with Crippen LogP contribution < -0.4 is 14.2 Å². The lowest BCUT2D eigenvalue weighted by Gasteiger charge is -2.27. The molecule has 0 aliphatic rings. The Balaban J connectivity index is 1.77. The summed E-state index contributed by atoms with van der Waals surface area (Å²) >= 11 is 0. The van der Waals surface area contributed by atoms with Crippen LogP contribution in [0.15, 0.2) is 85.1 Å². The molecule has 44 heavy (non-hydrogen) atoms. The van der Waals surface area contributed by atoms with Crippen molar-refractivity contribution in [3.8, 4) is 28.5 Å². The SMILES string of the molecule is CCCCCC(CC)Oc1ccccc1C(Oc1nnncc1-c1ccccc1)c1ccccc1OC(CC)CCCCC. The zero-order chi connectivity index (χ0) is 31.0. The lowest BCUT2D eigenvalue weighted by Crippen LogP contribution is -2.20. The van der Waals surface area contributed by atoms with Gasteiger partial charge in [-0.05, 0) is 61.4 Å². The molecule has 6 nitrogen and oxygen atoms in total. The highest BCUT2D eigenvalue weighted by atomic mass is 16.5. The van der Waals surface area contributed by atoms with Crippen molar-refractivity contribution in [1.29, 1.82) is 0 Å². The lowest BCUT2D eigenvalue weighted by molar-refractivity contribution is 0.161. The fourth-order valence-corrected chi connectivity index (χ4v) is 5.47. The van der Waals surface area contributed by atoms with Gasteiger partial charge in [-0.25, -0.2) is 0 Å². The second-order valence-electron chi connectivity index (χ2n) is 11.4. The summed E-state index contributed by atoms with van der Waals surface area (Å²) in [5.74, 6) is 2.04. The molecule has 0 spiro atoms. The van der Waals surface area contributed by atoms with Gasteiger partial charge < -0.3 is 14.2 Å². The van der Waals surface area contributed by atoms with E-state index in [0.717, 1.165) is 72.3 Å². The van der Waals surface area contributed by atoms with Crippen LogP contribution in [0.1, 0.15) is 109 Å². The summed E-state index contributed by atoms with van der Waals surface area (Å²) in [6.07, 6.45) is 12.4. The van der Waals surface area contributed by atoms with Crippen LogP contribution >= 0.6 is 0 Å². The molecule has 2 unspecified atom stereocenters. The van der Waals surface area contributed by atoms with Gasteiger partial charge in [-0.15, -0.1) is 5.10 Å². The summed E-state index contributed by atoms with van der Waals surface area (Å²) in [5.41, 5.74) is 3.59. The molecule has 0 radical (unpaired) electrons. The molecule has 2 atom stereocenters. The van der Waals surface area contributed by atoms with Gasteiger partial charge in [0.15, 0.2) is 6.10 Å². The van der Waals surface area contributed by atoms with Gasteiger partial charge in [0.1, 0.15) is 11.5 Å². The first kappa shape index (κ1) is 33.0. The number of benzene rings is 3. The van der Waals surface area contributed by atoms with E-state index in [-0.39, 0.29) is 12.2 Å². The van der Waals surface area contributed by atoms with E-state index in [4.69, 9.17) is 14.2 Å². The second kappa shape index (κ2) is 18.0. The Hall–Kier alpha value is -3.93. The zero-order valence-electron chi connectivity index (χ0n) is 27.0. The Kier molecular flexibility index (Phi) is 13.5. The van der Waals surface area contributed by atoms with Crippen molar-refractivity contribution >= 4 is 0 Å². The Bertz CT molecular complexity index is 1320. The molecule has 0 bridgehead atoms. The standard InChI is InChI=1S/C38H49N3O3/c1-5-9-12-22-30(7-3)42-35-26-18-16-24-32(35)37(44-38-34(28-39-41-40-38)29-20-14-11-15-21-29)33-25-17-19-27-36(33)43-31(8-4)23-13-10-6-2/h11,14-21,24-28,30-31,37H,5-10,12-13,22-23H2,1-4H3. The van der Waals surface area contributed by atoms with Gasteiger partial charge in [0.2, 0.25) is 5.88 Å². The summed E-state index contributed by atoms with van der Waals surface area (Å²) in [4.78, 5) is 0. The van der Waals surface area contributed by atoms with Gasteiger partial charge >= 0.3 is 0 Å². The lowest BCUT2D eigenvalue weighted by atomic mass is 9.98. The first-order valence-corrected chi connectivity index (χ1v) is 16.6. The fraction of sp³-hybridized carbons (Fsp3) is 0.447. The fourth-order valence-electron chi connectivity index (χ4n) is 5.47. The van der Waals surface area contributed by atoms with E-state index in [1.165, 1.54) is 25.7 Å². The van der Waals surface area contributed by atoms with E-state index < -0.39 is 6.10 Å². The van der Waals surface area contributed by atoms with Crippen molar-refractivity contribution in [2.45, 2.75) is 110 Å². The maximum Gasteiger partial charge on any atom is 0.245 e. The number of unbranched alkanes of at least 4 members (excludes halogenated alkanes) is 4. The quantitative estimate of drug-likeness (QED) is 0.100. The van der Waals surface area contributed by atoms with Crippen LogP contribution in [-0.2, 0) is 0 Å². The molecule has 0 aliphatic heterocycles. The van der Waals surface area contributed by atoms with Gasteiger partial charge in [-0.1, -0.05) is 125 Å². The van der Waals surface area contributed by atoms with Crippen LogP contribution in [-0.4, -0.2) is 27.6 Å². The predicted octanol–water partition coefficient (Wildman–Crippen LogP) is 10.2. The van der Waals surface area contributed by atoms with Crippen molar-refractivity contribution in [2.75, 3.05) is 0 Å². The number of nitrogens with zero attached hydrogens (tertiary/aromatic N) is 3. The van der Waals surface area contributed by atoms with E-state index >= 15 is 0 Å². The molecule has 0 aliphatic carbocycles. The molecule has 4 rings (SSSR count). The molecule has 234 valence electrons. The molecule has 1 heterocycles. The number of hydrogen-bond acceptors (Lipinski definition) is 6. The molecular weight excluding hydrogens is 546 g/mol. The van der Waals surface area contributed by atoms with Crippen LogP contribution in [0, 0.1) is 0 Å². The summed E-state index contributed by atoms with van der Waals surface area (Å²) in [5, 5.41) is 12.5. The number of hydrogen-bond donors (Lipinski definition) is 0. The minimum Gasteiger partial charge on any atom is -0.490 e. The molecule has 0 N–H and O–H groups in total. The van der Waals surface area contributed by atoms with E-state index in [9.17, 15) is 0 Å². The Labute approximate surface area is 264 Å². The summed E-state index contributed by atoms with van der Waals surface area (Å²) in [6.45, 7) is 8.85. The summed E-state index contributed by atoms with van der Waals surface area (Å²) in [7, 11) is 0. The third-order valence-corrected chi connectivity index (χ3v) is 8.08. The number of aromatic nitrogens is 3. The molecule has 0 saturated heterocycles. The van der Waals surface area contributed by atoms with Crippen molar-refractivity contribution in [3.63, 3.8) is 0 Å². The number of rotatable bonds is 19. The number of ether oxygens (including phenoxy) is 3. The van der Waals surface area contributed by atoms with Crippen molar-refractivity contribution < 1.29 is 14.2 Å². The highest BCUT2D eigenvalue weighted by Crippen LogP contribution is 2.41. The third kappa shape index (κ3) is 9.28. The first-order chi connectivity index (χ1) is 21.7. The van der Waals surface area contributed by atoms with Crippen LogP contribution in [0.3, 0.4) is 0 Å². The predicted molar refractivity (Wildman–Crippen MR) is 178 cm³/mol. The average Bonchev–Trinajstić information content (AvgIpc) is 3.07. The summed E-state index contributed by atoms with van der Waals surface area (Å²) in [6, 6.07) is 26.4. The van der Waals surface area contributed by atoms with E-state index in [1.54, 1.807) is 6.20 Å². The summed E-state index contributed by atoms with van der Waals surface area (Å²) < 4.78 is 20.4. The van der Waals surface area contributed by atoms with Crippen LogP contribution in [0.4, 0.5) is 0 Å². The Morgan fingerprint density at radius 1 is 0.591 bits per heavy atom. The maximum atomic E-state index is 6.91. The van der Waals surface area contributed by atoms with Gasteiger partial charge in [-0.2, -0.15) is 0 Å². The third-order valence-electron chi connectivity index (χ3n) is 8.08.